The molecule has 0 saturated carbocycles. The summed E-state index contributed by atoms with van der Waals surface area (Å²) < 4.78 is 26.6. The van der Waals surface area contributed by atoms with Crippen LogP contribution in [0.4, 0.5) is 8.78 Å². The molecule has 0 heterocycles. The van der Waals surface area contributed by atoms with Gasteiger partial charge in [0.25, 0.3) is 0 Å². The first-order chi connectivity index (χ1) is 8.58. The normalized spacial score (nSPS) is 10.3. The molecule has 0 aliphatic heterocycles. The summed E-state index contributed by atoms with van der Waals surface area (Å²) in [4.78, 5) is 11.4. The Morgan fingerprint density at radius 3 is 2.50 bits per heavy atom. The molecular weight excluding hydrogens is 258 g/mol. The fourth-order valence-electron chi connectivity index (χ4n) is 1.43. The summed E-state index contributed by atoms with van der Waals surface area (Å²) in [5.41, 5.74) is -0.135. The number of benzene rings is 2. The number of carboxylic acid groups (broad SMARTS) is 1. The van der Waals surface area contributed by atoms with Crippen molar-refractivity contribution in [2.75, 3.05) is 0 Å². The molecule has 2 rings (SSSR count). The summed E-state index contributed by atoms with van der Waals surface area (Å²) in [6.45, 7) is 0. The number of aromatic carboxylic acids is 1. The Hall–Kier alpha value is -1.88. The maximum Gasteiger partial charge on any atom is 0.336 e. The monoisotopic (exact) mass is 266 g/mol. The summed E-state index contributed by atoms with van der Waals surface area (Å²) in [6.07, 6.45) is 0. The van der Waals surface area contributed by atoms with Crippen LogP contribution in [0.3, 0.4) is 0 Å². The minimum absolute atomic E-state index is 0.0180. The van der Waals surface area contributed by atoms with E-state index in [1.807, 2.05) is 0 Å². The van der Waals surface area contributed by atoms with Crippen LogP contribution in [0.2, 0.25) is 0 Å². The Balaban J connectivity index is 2.42. The first kappa shape index (κ1) is 12.6. The molecule has 2 nitrogen and oxygen atoms in total. The molecule has 0 aliphatic carbocycles. The number of hydrogen-bond acceptors (Lipinski definition) is 2. The van der Waals surface area contributed by atoms with Gasteiger partial charge in [-0.2, -0.15) is 0 Å². The van der Waals surface area contributed by atoms with Crippen LogP contribution >= 0.6 is 11.8 Å². The minimum atomic E-state index is -1.21. The standard InChI is InChI=1S/C13H8F2O2S/c14-8-3-1-4-9(7-8)18-12-10(13(16)17)5-2-6-11(12)15/h1-7H,(H,16,17). The van der Waals surface area contributed by atoms with Crippen LogP contribution in [0.5, 0.6) is 0 Å². The average Bonchev–Trinajstić information content (AvgIpc) is 2.31. The van der Waals surface area contributed by atoms with E-state index in [1.54, 1.807) is 6.07 Å². The largest absolute Gasteiger partial charge is 0.478 e. The molecule has 0 fully saturated rings. The third-order valence-electron chi connectivity index (χ3n) is 2.21. The second-order valence-electron chi connectivity index (χ2n) is 3.48. The smallest absolute Gasteiger partial charge is 0.336 e. The van der Waals surface area contributed by atoms with Gasteiger partial charge in [0.1, 0.15) is 11.6 Å². The van der Waals surface area contributed by atoms with Gasteiger partial charge in [0.2, 0.25) is 0 Å². The van der Waals surface area contributed by atoms with Crippen LogP contribution < -0.4 is 0 Å². The van der Waals surface area contributed by atoms with Gasteiger partial charge in [0, 0.05) is 4.90 Å². The molecule has 0 saturated heterocycles. The second kappa shape index (κ2) is 5.18. The number of halogens is 2. The van der Waals surface area contributed by atoms with Gasteiger partial charge in [-0.25, -0.2) is 13.6 Å². The van der Waals surface area contributed by atoms with Crippen molar-refractivity contribution < 1.29 is 18.7 Å². The lowest BCUT2D eigenvalue weighted by Gasteiger charge is -2.07. The van der Waals surface area contributed by atoms with Crippen molar-refractivity contribution in [2.45, 2.75) is 9.79 Å². The van der Waals surface area contributed by atoms with E-state index in [2.05, 4.69) is 0 Å². The lowest BCUT2D eigenvalue weighted by atomic mass is 10.2. The van der Waals surface area contributed by atoms with Gasteiger partial charge in [-0.3, -0.25) is 0 Å². The van der Waals surface area contributed by atoms with Crippen LogP contribution in [-0.4, -0.2) is 11.1 Å². The Kier molecular flexibility index (Phi) is 3.62. The summed E-state index contributed by atoms with van der Waals surface area (Å²) in [7, 11) is 0. The lowest BCUT2D eigenvalue weighted by molar-refractivity contribution is 0.0692. The number of rotatable bonds is 3. The van der Waals surface area contributed by atoms with E-state index in [0.717, 1.165) is 11.8 Å². The van der Waals surface area contributed by atoms with E-state index in [4.69, 9.17) is 5.11 Å². The Bertz CT molecular complexity index is 599. The van der Waals surface area contributed by atoms with Crippen molar-refractivity contribution in [2.24, 2.45) is 0 Å². The zero-order valence-corrected chi connectivity index (χ0v) is 9.88. The van der Waals surface area contributed by atoms with Crippen molar-refractivity contribution in [1.29, 1.82) is 0 Å². The molecule has 0 aliphatic rings. The van der Waals surface area contributed by atoms with Crippen LogP contribution in [0.1, 0.15) is 10.4 Å². The topological polar surface area (TPSA) is 37.3 Å². The fraction of sp³-hybridized carbons (Fsp3) is 0. The Labute approximate surface area is 106 Å². The molecule has 1 N–H and O–H groups in total. The molecule has 0 amide bonds. The summed E-state index contributed by atoms with van der Waals surface area (Å²) in [6, 6.07) is 9.38. The molecular formula is C13H8F2O2S. The van der Waals surface area contributed by atoms with Crippen molar-refractivity contribution in [3.63, 3.8) is 0 Å². The van der Waals surface area contributed by atoms with Crippen LogP contribution in [-0.2, 0) is 0 Å². The quantitative estimate of drug-likeness (QED) is 0.917. The van der Waals surface area contributed by atoms with Gasteiger partial charge in [-0.15, -0.1) is 0 Å². The molecule has 18 heavy (non-hydrogen) atoms. The van der Waals surface area contributed by atoms with Gasteiger partial charge >= 0.3 is 5.97 Å². The van der Waals surface area contributed by atoms with Gasteiger partial charge < -0.3 is 5.11 Å². The SMILES string of the molecule is O=C(O)c1cccc(F)c1Sc1cccc(F)c1. The van der Waals surface area contributed by atoms with Crippen LogP contribution in [0.15, 0.2) is 52.3 Å². The van der Waals surface area contributed by atoms with E-state index >= 15 is 0 Å². The Morgan fingerprint density at radius 1 is 1.11 bits per heavy atom. The van der Waals surface area contributed by atoms with E-state index in [1.165, 1.54) is 36.4 Å². The van der Waals surface area contributed by atoms with Gasteiger partial charge in [-0.1, -0.05) is 23.9 Å². The zero-order valence-electron chi connectivity index (χ0n) is 9.06. The van der Waals surface area contributed by atoms with Crippen LogP contribution in [0, 0.1) is 11.6 Å². The Morgan fingerprint density at radius 2 is 1.83 bits per heavy atom. The molecule has 0 aromatic heterocycles. The van der Waals surface area contributed by atoms with E-state index in [9.17, 15) is 13.6 Å². The first-order valence-electron chi connectivity index (χ1n) is 5.03. The van der Waals surface area contributed by atoms with Gasteiger partial charge in [-0.05, 0) is 30.3 Å². The van der Waals surface area contributed by atoms with Crippen LogP contribution in [0.25, 0.3) is 0 Å². The highest BCUT2D eigenvalue weighted by atomic mass is 32.2. The summed E-state index contributed by atoms with van der Waals surface area (Å²) in [5, 5.41) is 8.97. The lowest BCUT2D eigenvalue weighted by Crippen LogP contribution is -2.00. The number of hydrogen-bond donors (Lipinski definition) is 1. The predicted octanol–water partition coefficient (Wildman–Crippen LogP) is 3.81. The second-order valence-corrected chi connectivity index (χ2v) is 4.56. The third-order valence-corrected chi connectivity index (χ3v) is 3.32. The number of carboxylic acids is 1. The minimum Gasteiger partial charge on any atom is -0.478 e. The molecule has 5 heteroatoms. The molecule has 0 radical (unpaired) electrons. The summed E-state index contributed by atoms with van der Waals surface area (Å²) >= 11 is 0.887. The molecule has 0 bridgehead atoms. The molecule has 2 aromatic carbocycles. The molecule has 0 unspecified atom stereocenters. The highest BCUT2D eigenvalue weighted by Crippen LogP contribution is 2.32. The fourth-order valence-corrected chi connectivity index (χ4v) is 2.41. The molecule has 0 atom stereocenters. The molecule has 0 spiro atoms. The maximum atomic E-state index is 13.6. The van der Waals surface area contributed by atoms with Crippen molar-refractivity contribution in [1.82, 2.24) is 0 Å². The zero-order chi connectivity index (χ0) is 13.1. The van der Waals surface area contributed by atoms with E-state index in [0.29, 0.717) is 4.90 Å². The van der Waals surface area contributed by atoms with E-state index < -0.39 is 17.6 Å². The average molecular weight is 266 g/mol. The summed E-state index contributed by atoms with van der Waals surface area (Å²) in [5.74, 6) is -2.30. The predicted molar refractivity (Wildman–Crippen MR) is 63.9 cm³/mol. The highest BCUT2D eigenvalue weighted by molar-refractivity contribution is 7.99. The third kappa shape index (κ3) is 2.68. The first-order valence-corrected chi connectivity index (χ1v) is 5.85. The van der Waals surface area contributed by atoms with Gasteiger partial charge in [0.15, 0.2) is 0 Å². The highest BCUT2D eigenvalue weighted by Gasteiger charge is 2.15. The van der Waals surface area contributed by atoms with Crippen molar-refractivity contribution >= 4 is 17.7 Å². The van der Waals surface area contributed by atoms with E-state index in [-0.39, 0.29) is 10.5 Å². The van der Waals surface area contributed by atoms with Crippen molar-refractivity contribution in [3.8, 4) is 0 Å². The van der Waals surface area contributed by atoms with Gasteiger partial charge in [0.05, 0.1) is 10.5 Å². The molecule has 2 aromatic rings. The maximum absolute atomic E-state index is 13.6. The molecule has 92 valence electrons. The van der Waals surface area contributed by atoms with Crippen molar-refractivity contribution in [3.05, 3.63) is 59.7 Å². The number of carbonyl (C=O) groups is 1.